The second kappa shape index (κ2) is 7.00. The molecule has 0 aliphatic carbocycles. The summed E-state index contributed by atoms with van der Waals surface area (Å²) in [6, 6.07) is 12.9. The third-order valence-electron chi connectivity index (χ3n) is 4.87. The molecule has 0 bridgehead atoms. The van der Waals surface area contributed by atoms with Crippen molar-refractivity contribution in [3.8, 4) is 0 Å². The fraction of sp³-hybridized carbons (Fsp3) is 0.381. The van der Waals surface area contributed by atoms with Crippen LogP contribution in [-0.4, -0.2) is 26.6 Å². The highest BCUT2D eigenvalue weighted by Crippen LogP contribution is 2.29. The van der Waals surface area contributed by atoms with Crippen molar-refractivity contribution in [2.24, 2.45) is 0 Å². The normalized spacial score (nSPS) is 16.4. The van der Waals surface area contributed by atoms with Crippen molar-refractivity contribution in [2.45, 2.75) is 39.5 Å². The van der Waals surface area contributed by atoms with E-state index < -0.39 is 10.0 Å². The Bertz CT molecular complexity index is 958. The van der Waals surface area contributed by atoms with Gasteiger partial charge in [-0.2, -0.15) is 0 Å². The number of hydrogen-bond donors (Lipinski definition) is 1. The van der Waals surface area contributed by atoms with Gasteiger partial charge in [0.25, 0.3) is 5.91 Å². The van der Waals surface area contributed by atoms with Crippen LogP contribution >= 0.6 is 0 Å². The van der Waals surface area contributed by atoms with Gasteiger partial charge < -0.3 is 5.32 Å². The molecule has 1 fully saturated rings. The first-order valence-electron chi connectivity index (χ1n) is 9.11. The van der Waals surface area contributed by atoms with E-state index >= 15 is 0 Å². The highest BCUT2D eigenvalue weighted by Gasteiger charge is 2.28. The summed E-state index contributed by atoms with van der Waals surface area (Å²) < 4.78 is 25.7. The lowest BCUT2D eigenvalue weighted by Crippen LogP contribution is -2.25. The molecule has 1 N–H and O–H groups in total. The van der Waals surface area contributed by atoms with E-state index in [9.17, 15) is 13.2 Å². The molecule has 5 nitrogen and oxygen atoms in total. The van der Waals surface area contributed by atoms with Crippen LogP contribution in [0.15, 0.2) is 42.5 Å². The zero-order chi connectivity index (χ0) is 19.8. The van der Waals surface area contributed by atoms with Crippen molar-refractivity contribution in [1.82, 2.24) is 0 Å². The molecule has 0 saturated carbocycles. The van der Waals surface area contributed by atoms with Gasteiger partial charge in [-0.3, -0.25) is 9.10 Å². The summed E-state index contributed by atoms with van der Waals surface area (Å²) in [6.07, 6.45) is 0.623. The van der Waals surface area contributed by atoms with E-state index in [1.165, 1.54) is 4.31 Å². The lowest BCUT2D eigenvalue weighted by atomic mass is 9.87. The Morgan fingerprint density at radius 2 is 1.74 bits per heavy atom. The predicted molar refractivity (Wildman–Crippen MR) is 110 cm³/mol. The fourth-order valence-electron chi connectivity index (χ4n) is 3.15. The molecule has 0 unspecified atom stereocenters. The van der Waals surface area contributed by atoms with Crippen molar-refractivity contribution in [2.75, 3.05) is 21.9 Å². The lowest BCUT2D eigenvalue weighted by Gasteiger charge is -2.20. The van der Waals surface area contributed by atoms with Crippen molar-refractivity contribution >= 4 is 27.3 Å². The van der Waals surface area contributed by atoms with E-state index in [0.717, 1.165) is 11.1 Å². The molecule has 2 aromatic carbocycles. The molecule has 1 amide bonds. The van der Waals surface area contributed by atoms with Crippen LogP contribution in [0.4, 0.5) is 11.4 Å². The molecule has 0 spiro atoms. The van der Waals surface area contributed by atoms with Crippen LogP contribution in [-0.2, 0) is 15.4 Å². The number of aryl methyl sites for hydroxylation is 1. The second-order valence-electron chi connectivity index (χ2n) is 8.02. The molecule has 1 heterocycles. The Labute approximate surface area is 161 Å². The minimum absolute atomic E-state index is 0.0289. The van der Waals surface area contributed by atoms with Gasteiger partial charge in [-0.25, -0.2) is 8.42 Å². The minimum atomic E-state index is -3.25. The van der Waals surface area contributed by atoms with E-state index in [1.807, 2.05) is 37.3 Å². The molecule has 2 aromatic rings. The molecular formula is C21H26N2O3S. The first-order valence-corrected chi connectivity index (χ1v) is 10.7. The van der Waals surface area contributed by atoms with E-state index in [0.29, 0.717) is 29.9 Å². The zero-order valence-corrected chi connectivity index (χ0v) is 17.1. The van der Waals surface area contributed by atoms with Gasteiger partial charge in [-0.1, -0.05) is 39.0 Å². The number of rotatable bonds is 3. The number of carbonyl (C=O) groups excluding carboxylic acids is 1. The number of carbonyl (C=O) groups is 1. The monoisotopic (exact) mass is 386 g/mol. The van der Waals surface area contributed by atoms with Gasteiger partial charge in [0, 0.05) is 17.8 Å². The van der Waals surface area contributed by atoms with E-state index in [-0.39, 0.29) is 17.1 Å². The third kappa shape index (κ3) is 4.16. The number of benzene rings is 2. The van der Waals surface area contributed by atoms with Crippen molar-refractivity contribution < 1.29 is 13.2 Å². The van der Waals surface area contributed by atoms with Crippen LogP contribution in [0.2, 0.25) is 0 Å². The molecule has 0 aromatic heterocycles. The molecule has 27 heavy (non-hydrogen) atoms. The quantitative estimate of drug-likeness (QED) is 0.864. The number of nitrogens with zero attached hydrogens (tertiary/aromatic N) is 1. The fourth-order valence-corrected chi connectivity index (χ4v) is 4.70. The van der Waals surface area contributed by atoms with Gasteiger partial charge in [-0.15, -0.1) is 0 Å². The molecule has 0 atom stereocenters. The predicted octanol–water partition coefficient (Wildman–Crippen LogP) is 4.08. The average Bonchev–Trinajstić information content (AvgIpc) is 2.95. The standard InChI is InChI=1S/C21H26N2O3S/c1-15-6-11-18(23-12-5-13-27(23,25)26)14-19(15)22-20(24)16-7-9-17(10-8-16)21(2,3)4/h6-11,14H,5,12-13H2,1-4H3,(H,22,24). The smallest absolute Gasteiger partial charge is 0.255 e. The summed E-state index contributed by atoms with van der Waals surface area (Å²) in [4.78, 5) is 12.6. The first-order chi connectivity index (χ1) is 12.6. The molecule has 1 saturated heterocycles. The van der Waals surface area contributed by atoms with Crippen LogP contribution in [0.3, 0.4) is 0 Å². The van der Waals surface area contributed by atoms with Gasteiger partial charge in [0.05, 0.1) is 11.4 Å². The summed E-state index contributed by atoms with van der Waals surface area (Å²) in [5, 5.41) is 2.92. The minimum Gasteiger partial charge on any atom is -0.322 e. The van der Waals surface area contributed by atoms with Crippen LogP contribution in [0.25, 0.3) is 0 Å². The highest BCUT2D eigenvalue weighted by molar-refractivity contribution is 7.93. The maximum absolute atomic E-state index is 12.6. The van der Waals surface area contributed by atoms with Crippen LogP contribution in [0, 0.1) is 6.92 Å². The van der Waals surface area contributed by atoms with Crippen LogP contribution in [0.1, 0.15) is 48.7 Å². The highest BCUT2D eigenvalue weighted by atomic mass is 32.2. The summed E-state index contributed by atoms with van der Waals surface area (Å²) in [5.74, 6) is -0.0390. The molecule has 1 aliphatic heterocycles. The molecule has 0 radical (unpaired) electrons. The Morgan fingerprint density at radius 3 is 2.30 bits per heavy atom. The average molecular weight is 387 g/mol. The third-order valence-corrected chi connectivity index (χ3v) is 6.74. The molecule has 3 rings (SSSR count). The van der Waals surface area contributed by atoms with E-state index in [1.54, 1.807) is 12.1 Å². The van der Waals surface area contributed by atoms with Crippen molar-refractivity contribution in [1.29, 1.82) is 0 Å². The SMILES string of the molecule is Cc1ccc(N2CCCS2(=O)=O)cc1NC(=O)c1ccc(C(C)(C)C)cc1. The largest absolute Gasteiger partial charge is 0.322 e. The van der Waals surface area contributed by atoms with Gasteiger partial charge in [-0.05, 0) is 54.2 Å². The summed E-state index contributed by atoms with van der Waals surface area (Å²) in [6.45, 7) is 8.75. The van der Waals surface area contributed by atoms with E-state index in [4.69, 9.17) is 0 Å². The van der Waals surface area contributed by atoms with Crippen molar-refractivity contribution in [3.05, 3.63) is 59.2 Å². The van der Waals surface area contributed by atoms with Gasteiger partial charge in [0.1, 0.15) is 0 Å². The number of sulfonamides is 1. The Kier molecular flexibility index (Phi) is 5.04. The molecular weight excluding hydrogens is 360 g/mol. The summed E-state index contributed by atoms with van der Waals surface area (Å²) in [7, 11) is -3.25. The van der Waals surface area contributed by atoms with Gasteiger partial charge in [0.2, 0.25) is 10.0 Å². The number of anilines is 2. The topological polar surface area (TPSA) is 66.5 Å². The number of amides is 1. The Balaban J connectivity index is 1.83. The Hall–Kier alpha value is -2.34. The maximum Gasteiger partial charge on any atom is 0.255 e. The number of hydrogen-bond acceptors (Lipinski definition) is 3. The number of nitrogens with one attached hydrogen (secondary N) is 1. The van der Waals surface area contributed by atoms with Crippen LogP contribution < -0.4 is 9.62 Å². The maximum atomic E-state index is 12.6. The summed E-state index contributed by atoms with van der Waals surface area (Å²) in [5.41, 5.74) is 3.87. The molecule has 144 valence electrons. The summed E-state index contributed by atoms with van der Waals surface area (Å²) >= 11 is 0. The van der Waals surface area contributed by atoms with Gasteiger partial charge >= 0.3 is 0 Å². The zero-order valence-electron chi connectivity index (χ0n) is 16.2. The van der Waals surface area contributed by atoms with E-state index in [2.05, 4.69) is 26.1 Å². The Morgan fingerprint density at radius 1 is 1.07 bits per heavy atom. The molecule has 6 heteroatoms. The van der Waals surface area contributed by atoms with Gasteiger partial charge in [0.15, 0.2) is 0 Å². The van der Waals surface area contributed by atoms with Crippen LogP contribution in [0.5, 0.6) is 0 Å². The second-order valence-corrected chi connectivity index (χ2v) is 10.0. The van der Waals surface area contributed by atoms with Crippen molar-refractivity contribution in [3.63, 3.8) is 0 Å². The molecule has 1 aliphatic rings. The first kappa shape index (κ1) is 19.4. The lowest BCUT2D eigenvalue weighted by molar-refractivity contribution is 0.102.